The van der Waals surface area contributed by atoms with Gasteiger partial charge in [0, 0.05) is 29.5 Å². The monoisotopic (exact) mass is 717 g/mol. The van der Waals surface area contributed by atoms with Crippen LogP contribution < -0.4 is 24.4 Å². The Balaban J connectivity index is 1.18. The van der Waals surface area contributed by atoms with Crippen molar-refractivity contribution in [1.29, 1.82) is 0 Å². The first kappa shape index (κ1) is 36.5. The third kappa shape index (κ3) is 9.49. The number of amides is 1. The molecule has 5 aromatic rings. The van der Waals surface area contributed by atoms with Crippen molar-refractivity contribution in [3.05, 3.63) is 157 Å². The molecule has 5 aromatic carbocycles. The standard InChI is InChI=1S/C37H27N5O11/c1-50-29-13-7-26(8-14-29)36(44)52-33-17-3-23(19-31(33)41(46)47)21-38-28-11-5-25(6-12-28)35(43)40-39-22-24-4-18-34(32(20-24)42(48)49)53-37(45)27-9-15-30(51-2)16-10-27/h3-22H,1-2H3,(H,40,43). The van der Waals surface area contributed by atoms with E-state index in [4.69, 9.17) is 18.9 Å². The van der Waals surface area contributed by atoms with Gasteiger partial charge in [0.2, 0.25) is 11.5 Å². The molecule has 0 aliphatic carbocycles. The molecule has 1 N–H and O–H groups in total. The minimum absolute atomic E-state index is 0.164. The summed E-state index contributed by atoms with van der Waals surface area (Å²) in [6.45, 7) is 0. The first-order chi connectivity index (χ1) is 25.5. The van der Waals surface area contributed by atoms with Crippen LogP contribution in [0.15, 0.2) is 119 Å². The van der Waals surface area contributed by atoms with Crippen LogP contribution >= 0.6 is 0 Å². The number of methoxy groups -OCH3 is 2. The van der Waals surface area contributed by atoms with E-state index in [1.165, 1.54) is 106 Å². The number of hydrogen-bond acceptors (Lipinski definition) is 13. The van der Waals surface area contributed by atoms with Crippen LogP contribution in [0, 0.1) is 20.2 Å². The van der Waals surface area contributed by atoms with Crippen molar-refractivity contribution < 1.29 is 43.2 Å². The van der Waals surface area contributed by atoms with Crippen molar-refractivity contribution >= 4 is 47.3 Å². The second-order valence-electron chi connectivity index (χ2n) is 10.7. The van der Waals surface area contributed by atoms with E-state index in [9.17, 15) is 34.6 Å². The number of esters is 2. The minimum atomic E-state index is -0.801. The molecular weight excluding hydrogens is 690 g/mol. The molecule has 5 rings (SSSR count). The van der Waals surface area contributed by atoms with Gasteiger partial charge in [-0.1, -0.05) is 0 Å². The molecule has 0 aromatic heterocycles. The Bertz CT molecular complexity index is 2240. The molecular formula is C37H27N5O11. The average Bonchev–Trinajstić information content (AvgIpc) is 3.17. The molecule has 0 heterocycles. The molecule has 0 aliphatic rings. The Morgan fingerprint density at radius 1 is 0.604 bits per heavy atom. The zero-order chi connectivity index (χ0) is 37.9. The van der Waals surface area contributed by atoms with Gasteiger partial charge in [-0.2, -0.15) is 5.10 Å². The SMILES string of the molecule is COc1ccc(C(=O)Oc2ccc(C=NNC(=O)c3ccc(N=Cc4ccc(OC(=O)c5ccc(OC)cc5)c([N+](=O)[O-])c4)cc3)cc2[N+](=O)[O-])cc1. The normalized spacial score (nSPS) is 10.8. The van der Waals surface area contributed by atoms with Gasteiger partial charge < -0.3 is 18.9 Å². The van der Waals surface area contributed by atoms with Crippen molar-refractivity contribution in [2.24, 2.45) is 10.1 Å². The molecule has 16 heteroatoms. The van der Waals surface area contributed by atoms with Crippen LogP contribution in [0.2, 0.25) is 0 Å². The van der Waals surface area contributed by atoms with E-state index in [1.807, 2.05) is 0 Å². The van der Waals surface area contributed by atoms with Gasteiger partial charge in [0.25, 0.3) is 5.91 Å². The van der Waals surface area contributed by atoms with Gasteiger partial charge in [0.15, 0.2) is 0 Å². The number of benzene rings is 5. The Morgan fingerprint density at radius 3 is 1.47 bits per heavy atom. The van der Waals surface area contributed by atoms with Crippen molar-refractivity contribution in [3.8, 4) is 23.0 Å². The summed E-state index contributed by atoms with van der Waals surface area (Å²) in [6.07, 6.45) is 2.55. The van der Waals surface area contributed by atoms with Gasteiger partial charge in [0.05, 0.1) is 47.1 Å². The molecule has 53 heavy (non-hydrogen) atoms. The molecule has 0 atom stereocenters. The van der Waals surface area contributed by atoms with Crippen LogP contribution in [0.1, 0.15) is 42.2 Å². The summed E-state index contributed by atoms with van der Waals surface area (Å²) in [6, 6.07) is 25.9. The van der Waals surface area contributed by atoms with Gasteiger partial charge in [-0.3, -0.25) is 30.0 Å². The van der Waals surface area contributed by atoms with Crippen molar-refractivity contribution in [2.75, 3.05) is 14.2 Å². The van der Waals surface area contributed by atoms with Crippen LogP contribution in [0.25, 0.3) is 0 Å². The number of hydrogen-bond donors (Lipinski definition) is 1. The molecule has 0 saturated heterocycles. The predicted octanol–water partition coefficient (Wildman–Crippen LogP) is 6.47. The highest BCUT2D eigenvalue weighted by molar-refractivity contribution is 5.96. The number of nitrogens with one attached hydrogen (secondary N) is 1. The van der Waals surface area contributed by atoms with Crippen LogP contribution in [-0.2, 0) is 0 Å². The fraction of sp³-hybridized carbons (Fsp3) is 0.0541. The zero-order valence-corrected chi connectivity index (χ0v) is 27.8. The van der Waals surface area contributed by atoms with E-state index in [2.05, 4.69) is 15.5 Å². The highest BCUT2D eigenvalue weighted by atomic mass is 16.6. The van der Waals surface area contributed by atoms with E-state index >= 15 is 0 Å². The van der Waals surface area contributed by atoms with E-state index in [0.717, 1.165) is 6.07 Å². The summed E-state index contributed by atoms with van der Waals surface area (Å²) in [5, 5.41) is 27.2. The fourth-order valence-electron chi connectivity index (χ4n) is 4.54. The second kappa shape index (κ2) is 16.8. The molecule has 0 aliphatic heterocycles. The highest BCUT2D eigenvalue weighted by Gasteiger charge is 2.21. The molecule has 1 amide bonds. The van der Waals surface area contributed by atoms with Crippen LogP contribution in [0.3, 0.4) is 0 Å². The maximum Gasteiger partial charge on any atom is 0.343 e. The van der Waals surface area contributed by atoms with Crippen LogP contribution in [0.4, 0.5) is 17.1 Å². The lowest BCUT2D eigenvalue weighted by Gasteiger charge is -2.07. The Kier molecular flexibility index (Phi) is 11.6. The summed E-state index contributed by atoms with van der Waals surface area (Å²) in [5.41, 5.74) is 2.96. The maximum atomic E-state index is 12.6. The summed E-state index contributed by atoms with van der Waals surface area (Å²) in [7, 11) is 2.95. The zero-order valence-electron chi connectivity index (χ0n) is 27.8. The lowest BCUT2D eigenvalue weighted by molar-refractivity contribution is -0.385. The van der Waals surface area contributed by atoms with E-state index in [-0.39, 0.29) is 33.8 Å². The minimum Gasteiger partial charge on any atom is -0.497 e. The molecule has 0 spiro atoms. The van der Waals surface area contributed by atoms with Gasteiger partial charge in [-0.05, 0) is 103 Å². The van der Waals surface area contributed by atoms with Gasteiger partial charge in [0.1, 0.15) is 11.5 Å². The van der Waals surface area contributed by atoms with Crippen LogP contribution in [0.5, 0.6) is 23.0 Å². The number of rotatable bonds is 13. The molecule has 266 valence electrons. The first-order valence-electron chi connectivity index (χ1n) is 15.3. The average molecular weight is 718 g/mol. The summed E-state index contributed by atoms with van der Waals surface area (Å²) >= 11 is 0. The number of ether oxygens (including phenoxy) is 4. The number of nitro groups is 2. The smallest absolute Gasteiger partial charge is 0.343 e. The molecule has 0 fully saturated rings. The third-order valence-electron chi connectivity index (χ3n) is 7.29. The number of nitrogens with zero attached hydrogens (tertiary/aromatic N) is 4. The quantitative estimate of drug-likeness (QED) is 0.0458. The van der Waals surface area contributed by atoms with Gasteiger partial charge >= 0.3 is 23.3 Å². The third-order valence-corrected chi connectivity index (χ3v) is 7.29. The summed E-state index contributed by atoms with van der Waals surface area (Å²) in [5.74, 6) is -1.64. The summed E-state index contributed by atoms with van der Waals surface area (Å²) < 4.78 is 20.6. The number of carbonyl (C=O) groups excluding carboxylic acids is 3. The van der Waals surface area contributed by atoms with Crippen molar-refractivity contribution in [1.82, 2.24) is 5.43 Å². The van der Waals surface area contributed by atoms with Gasteiger partial charge in [-0.25, -0.2) is 15.0 Å². The molecule has 0 saturated carbocycles. The topological polar surface area (TPSA) is 211 Å². The molecule has 16 nitrogen and oxygen atoms in total. The lowest BCUT2D eigenvalue weighted by Crippen LogP contribution is -2.17. The maximum absolute atomic E-state index is 12.6. The van der Waals surface area contributed by atoms with E-state index < -0.39 is 39.1 Å². The highest BCUT2D eigenvalue weighted by Crippen LogP contribution is 2.30. The second-order valence-corrected chi connectivity index (χ2v) is 10.7. The predicted molar refractivity (Wildman–Crippen MR) is 191 cm³/mol. The Labute approximate surface area is 300 Å². The van der Waals surface area contributed by atoms with Crippen molar-refractivity contribution in [2.45, 2.75) is 0 Å². The van der Waals surface area contributed by atoms with Crippen LogP contribution in [-0.4, -0.2) is 54.3 Å². The molecule has 0 bridgehead atoms. The molecule has 0 radical (unpaired) electrons. The largest absolute Gasteiger partial charge is 0.497 e. The Morgan fingerprint density at radius 2 is 1.04 bits per heavy atom. The van der Waals surface area contributed by atoms with E-state index in [1.54, 1.807) is 24.3 Å². The first-order valence-corrected chi connectivity index (χ1v) is 15.3. The molecule has 0 unspecified atom stereocenters. The van der Waals surface area contributed by atoms with E-state index in [0.29, 0.717) is 22.7 Å². The van der Waals surface area contributed by atoms with Crippen molar-refractivity contribution in [3.63, 3.8) is 0 Å². The number of hydrazone groups is 1. The van der Waals surface area contributed by atoms with Gasteiger partial charge in [-0.15, -0.1) is 0 Å². The number of aliphatic imine (C=N–C) groups is 1. The lowest BCUT2D eigenvalue weighted by atomic mass is 10.2. The number of nitro benzene ring substituents is 2. The Hall–Kier alpha value is -7.75. The summed E-state index contributed by atoms with van der Waals surface area (Å²) in [4.78, 5) is 63.9. The fourth-order valence-corrected chi connectivity index (χ4v) is 4.54. The number of carbonyl (C=O) groups is 3.